The minimum absolute atomic E-state index is 0.0714. The van der Waals surface area contributed by atoms with Crippen molar-refractivity contribution in [2.24, 2.45) is 0 Å². The summed E-state index contributed by atoms with van der Waals surface area (Å²) < 4.78 is 68.0. The summed E-state index contributed by atoms with van der Waals surface area (Å²) in [5, 5.41) is 3.01. The maximum atomic E-state index is 13.0. The average molecular weight is 870 g/mol. The Balaban J connectivity index is 1.01. The summed E-state index contributed by atoms with van der Waals surface area (Å²) >= 11 is -2.44. The summed E-state index contributed by atoms with van der Waals surface area (Å²) in [7, 11) is -4.43. The fourth-order valence-corrected chi connectivity index (χ4v) is 8.87. The minimum atomic E-state index is -4.43. The van der Waals surface area contributed by atoms with Gasteiger partial charge in [-0.05, 0) is 80.3 Å². The molecule has 2 aliphatic rings. The zero-order valence-electron chi connectivity index (χ0n) is 34.5. The lowest BCUT2D eigenvalue weighted by molar-refractivity contribution is -0.438. The molecule has 0 saturated heterocycles. The third kappa shape index (κ3) is 9.07. The van der Waals surface area contributed by atoms with E-state index in [0.29, 0.717) is 61.7 Å². The quantitative estimate of drug-likeness (QED) is 0.0314. The number of aromatic amines is 1. The van der Waals surface area contributed by atoms with Crippen molar-refractivity contribution in [1.29, 1.82) is 0 Å². The van der Waals surface area contributed by atoms with Gasteiger partial charge in [0.1, 0.15) is 24.4 Å². The number of anilines is 2. The standard InChI is InChI=1S/C43H48N8O8S2/c1-6-50-33-19-17-29(59-60(53)54)22-31(33)42(2,3)35(50)10-9-11-36-43(4,5)32-23-30(61(55,56)57)18-20-34(32)51(36)21-8-7-12-37(52)45-24-27-13-15-28(16-14-27)25-58-40-38-39(47-26-46-38)48-41(44)49-40/h9-11,13-20,22-23,26H,6-8,12,21,24-25H2,1-5H3,(H5-,44,45,46,47,48,49,52,53,54,55,56,57)/p+1. The Labute approximate surface area is 356 Å². The fourth-order valence-electron chi connectivity index (χ4n) is 8.09. The summed E-state index contributed by atoms with van der Waals surface area (Å²) in [6, 6.07) is 17.7. The largest absolute Gasteiger partial charge is 0.471 e. The Morgan fingerprint density at radius 1 is 1.02 bits per heavy atom. The van der Waals surface area contributed by atoms with Crippen LogP contribution in [0.25, 0.3) is 11.2 Å². The lowest BCUT2D eigenvalue weighted by atomic mass is 9.81. The Hall–Kier alpha value is -5.95. The molecule has 5 aromatic rings. The molecule has 1 amide bonds. The van der Waals surface area contributed by atoms with Crippen LogP contribution in [0, 0.1) is 0 Å². The zero-order chi connectivity index (χ0) is 43.7. The van der Waals surface area contributed by atoms with Crippen molar-refractivity contribution in [3.05, 3.63) is 113 Å². The van der Waals surface area contributed by atoms with Crippen molar-refractivity contribution in [3.8, 4) is 11.6 Å². The smallest absolute Gasteiger partial charge is 0.357 e. The van der Waals surface area contributed by atoms with Crippen LogP contribution >= 0.6 is 0 Å². The molecule has 18 heteroatoms. The number of nitrogens with zero attached hydrogens (tertiary/aromatic N) is 5. The maximum Gasteiger partial charge on any atom is 0.357 e. The number of nitrogens with two attached hydrogens (primary N) is 1. The molecule has 7 rings (SSSR count). The molecule has 0 spiro atoms. The molecular weight excluding hydrogens is 821 g/mol. The number of hydrogen-bond donors (Lipinski definition) is 5. The van der Waals surface area contributed by atoms with Crippen LogP contribution in [0.15, 0.2) is 95.8 Å². The summed E-state index contributed by atoms with van der Waals surface area (Å²) in [5.41, 5.74) is 13.0. The number of allylic oxidation sites excluding steroid dienone is 4. The first kappa shape index (κ1) is 43.1. The molecule has 61 heavy (non-hydrogen) atoms. The van der Waals surface area contributed by atoms with Crippen molar-refractivity contribution >= 4 is 61.6 Å². The first-order valence-electron chi connectivity index (χ1n) is 19.8. The number of likely N-dealkylation sites (N-methyl/N-ethyl adjacent to an activating group) is 1. The Kier molecular flexibility index (Phi) is 12.2. The monoisotopic (exact) mass is 869 g/mol. The number of nitrogen functional groups attached to an aromatic ring is 1. The molecule has 1 atom stereocenters. The number of rotatable bonds is 16. The molecule has 320 valence electrons. The van der Waals surface area contributed by atoms with Crippen molar-refractivity contribution in [2.45, 2.75) is 82.8 Å². The van der Waals surface area contributed by atoms with Crippen LogP contribution in [0.4, 0.5) is 17.3 Å². The van der Waals surface area contributed by atoms with Gasteiger partial charge in [-0.3, -0.25) is 13.9 Å². The van der Waals surface area contributed by atoms with Crippen molar-refractivity contribution in [3.63, 3.8) is 0 Å². The van der Waals surface area contributed by atoms with Gasteiger partial charge in [0.05, 0.1) is 16.6 Å². The first-order valence-corrected chi connectivity index (χ1v) is 22.3. The third-order valence-corrected chi connectivity index (χ3v) is 12.4. The van der Waals surface area contributed by atoms with Gasteiger partial charge in [0, 0.05) is 60.4 Å². The van der Waals surface area contributed by atoms with Crippen LogP contribution in [0.1, 0.15) is 76.1 Å². The highest BCUT2D eigenvalue weighted by molar-refractivity contribution is 7.85. The van der Waals surface area contributed by atoms with E-state index in [1.165, 1.54) is 18.5 Å². The van der Waals surface area contributed by atoms with Crippen LogP contribution in [-0.2, 0) is 50.3 Å². The number of imidazole rings is 1. The highest BCUT2D eigenvalue weighted by atomic mass is 32.2. The number of aromatic nitrogens is 4. The van der Waals surface area contributed by atoms with Crippen LogP contribution in [0.2, 0.25) is 0 Å². The highest BCUT2D eigenvalue weighted by Crippen LogP contribution is 2.49. The molecule has 16 nitrogen and oxygen atoms in total. The van der Waals surface area contributed by atoms with Gasteiger partial charge in [-0.25, -0.2) is 4.98 Å². The van der Waals surface area contributed by atoms with Crippen molar-refractivity contribution in [2.75, 3.05) is 23.7 Å². The molecule has 2 aromatic heterocycles. The molecule has 1 unspecified atom stereocenters. The Morgan fingerprint density at radius 3 is 2.49 bits per heavy atom. The second kappa shape index (κ2) is 17.2. The van der Waals surface area contributed by atoms with E-state index >= 15 is 0 Å². The lowest BCUT2D eigenvalue weighted by Gasteiger charge is -2.25. The average Bonchev–Trinajstić information content (AvgIpc) is 3.83. The fraction of sp³-hybridized carbons (Fsp3) is 0.326. The van der Waals surface area contributed by atoms with Gasteiger partial charge >= 0.3 is 11.4 Å². The van der Waals surface area contributed by atoms with Crippen LogP contribution < -0.4 is 24.9 Å². The number of carbonyl (C=O) groups is 1. The van der Waals surface area contributed by atoms with Gasteiger partial charge < -0.3 is 29.9 Å². The molecular formula is C43H49N8O8S2+. The number of H-pyrrole nitrogens is 1. The summed E-state index contributed by atoms with van der Waals surface area (Å²) in [5.74, 6) is 0.617. The molecule has 2 aliphatic heterocycles. The van der Waals surface area contributed by atoms with Gasteiger partial charge in [0.15, 0.2) is 11.4 Å². The van der Waals surface area contributed by atoms with E-state index in [1.807, 2.05) is 56.3 Å². The SMILES string of the molecule is CCN1/C(=C/C=C/C2=[N+](CCCCC(=O)NCc3ccc(COc4nc(N)nc5nc[nH]c45)cc3)c3ccc(S(=O)(=O)O)cc3C2(C)C)C(C)(C)c2cc(OS(=O)O)ccc21. The van der Waals surface area contributed by atoms with E-state index in [-0.39, 0.29) is 23.4 Å². The normalized spacial score (nSPS) is 16.6. The molecule has 6 N–H and O–H groups in total. The van der Waals surface area contributed by atoms with E-state index in [4.69, 9.17) is 14.7 Å². The molecule has 3 aromatic carbocycles. The predicted molar refractivity (Wildman–Crippen MR) is 233 cm³/mol. The first-order chi connectivity index (χ1) is 29.0. The van der Waals surface area contributed by atoms with Gasteiger partial charge in [0.2, 0.25) is 23.4 Å². The maximum absolute atomic E-state index is 13.0. The van der Waals surface area contributed by atoms with Crippen molar-refractivity contribution in [1.82, 2.24) is 25.3 Å². The highest BCUT2D eigenvalue weighted by Gasteiger charge is 2.45. The molecule has 4 heterocycles. The number of hydrogen-bond acceptors (Lipinski definition) is 11. The predicted octanol–water partition coefficient (Wildman–Crippen LogP) is 6.40. The summed E-state index contributed by atoms with van der Waals surface area (Å²) in [4.78, 5) is 30.3. The molecule has 0 fully saturated rings. The van der Waals surface area contributed by atoms with Crippen LogP contribution in [-0.4, -0.2) is 71.0 Å². The second-order valence-corrected chi connectivity index (χ2v) is 17.9. The van der Waals surface area contributed by atoms with Crippen LogP contribution in [0.5, 0.6) is 11.6 Å². The molecule has 0 radical (unpaired) electrons. The number of benzene rings is 3. The minimum Gasteiger partial charge on any atom is -0.471 e. The number of ether oxygens (including phenoxy) is 1. The van der Waals surface area contributed by atoms with E-state index in [0.717, 1.165) is 45.0 Å². The number of fused-ring (bicyclic) bond motifs is 3. The second-order valence-electron chi connectivity index (χ2n) is 15.9. The Bertz CT molecular complexity index is 2730. The molecule has 0 saturated carbocycles. The van der Waals surface area contributed by atoms with E-state index in [1.54, 1.807) is 18.2 Å². The number of amides is 1. The van der Waals surface area contributed by atoms with Crippen molar-refractivity contribution < 1.29 is 40.0 Å². The van der Waals surface area contributed by atoms with Gasteiger partial charge in [-0.1, -0.05) is 44.2 Å². The zero-order valence-corrected chi connectivity index (χ0v) is 36.1. The lowest BCUT2D eigenvalue weighted by Crippen LogP contribution is -2.28. The molecule has 0 aliphatic carbocycles. The number of unbranched alkanes of at least 4 members (excludes halogenated alkanes) is 1. The topological polar surface area (TPSA) is 226 Å². The van der Waals surface area contributed by atoms with Gasteiger partial charge in [-0.2, -0.15) is 27.2 Å². The number of nitrogens with one attached hydrogen (secondary N) is 2. The van der Waals surface area contributed by atoms with Crippen LogP contribution in [0.3, 0.4) is 0 Å². The van der Waals surface area contributed by atoms with E-state index in [2.05, 4.69) is 61.6 Å². The van der Waals surface area contributed by atoms with Gasteiger partial charge in [0.25, 0.3) is 10.1 Å². The summed E-state index contributed by atoms with van der Waals surface area (Å²) in [6.45, 7) is 12.2. The van der Waals surface area contributed by atoms with E-state index < -0.39 is 32.3 Å². The summed E-state index contributed by atoms with van der Waals surface area (Å²) in [6.07, 6.45) is 9.19. The van der Waals surface area contributed by atoms with E-state index in [9.17, 15) is 26.5 Å². The Morgan fingerprint density at radius 2 is 1.77 bits per heavy atom. The molecule has 0 bridgehead atoms. The number of carbonyl (C=O) groups excluding carboxylic acids is 1. The van der Waals surface area contributed by atoms with Gasteiger partial charge in [-0.15, -0.1) is 0 Å². The third-order valence-electron chi connectivity index (χ3n) is 11.2.